The van der Waals surface area contributed by atoms with Gasteiger partial charge in [-0.15, -0.1) is 0 Å². The molecule has 0 saturated heterocycles. The largest absolute Gasteiger partial charge is 0.292 e. The van der Waals surface area contributed by atoms with Crippen molar-refractivity contribution in [2.45, 2.75) is 0 Å². The number of benzene rings is 6. The number of para-hydroxylation sites is 6. The average Bonchev–Trinajstić information content (AvgIpc) is 3.75. The Labute approximate surface area is 274 Å². The third-order valence-corrected chi connectivity index (χ3v) is 9.89. The van der Waals surface area contributed by atoms with Crippen molar-refractivity contribution in [3.05, 3.63) is 152 Å². The zero-order chi connectivity index (χ0) is 31.3. The number of nitrogens with zero attached hydrogens (tertiary/aromatic N) is 5. The second kappa shape index (κ2) is 9.47. The smallest absolute Gasteiger partial charge is 0.146 e. The summed E-state index contributed by atoms with van der Waals surface area (Å²) >= 11 is 0. The van der Waals surface area contributed by atoms with Crippen LogP contribution in [0.3, 0.4) is 0 Å². The van der Waals surface area contributed by atoms with Crippen LogP contribution in [0.4, 0.5) is 0 Å². The molecule has 0 aliphatic rings. The van der Waals surface area contributed by atoms with E-state index in [4.69, 9.17) is 15.0 Å². The molecular weight excluding hydrogens is 587 g/mol. The highest BCUT2D eigenvalue weighted by Crippen LogP contribution is 2.37. The van der Waals surface area contributed by atoms with Crippen molar-refractivity contribution in [3.63, 3.8) is 0 Å². The predicted molar refractivity (Wildman–Crippen MR) is 198 cm³/mol. The van der Waals surface area contributed by atoms with Gasteiger partial charge in [-0.05, 0) is 71.1 Å². The molecule has 0 atom stereocenters. The lowest BCUT2D eigenvalue weighted by Crippen LogP contribution is -1.93. The van der Waals surface area contributed by atoms with Gasteiger partial charge in [-0.3, -0.25) is 13.8 Å². The van der Waals surface area contributed by atoms with Gasteiger partial charge in [0.2, 0.25) is 0 Å². The quantitative estimate of drug-likeness (QED) is 0.183. The van der Waals surface area contributed by atoms with Crippen LogP contribution in [0.25, 0.3) is 99.1 Å². The van der Waals surface area contributed by atoms with Crippen molar-refractivity contribution in [1.29, 1.82) is 0 Å². The van der Waals surface area contributed by atoms with E-state index in [1.54, 1.807) is 0 Å². The minimum atomic E-state index is 0.919. The zero-order valence-corrected chi connectivity index (χ0v) is 25.7. The molecule has 5 heterocycles. The molecule has 0 unspecified atom stereocenters. The van der Waals surface area contributed by atoms with Crippen LogP contribution in [0.1, 0.15) is 0 Å². The zero-order valence-electron chi connectivity index (χ0n) is 25.7. The molecule has 0 saturated carbocycles. The Balaban J connectivity index is 1.12. The molecule has 0 spiro atoms. The van der Waals surface area contributed by atoms with E-state index in [1.807, 2.05) is 12.3 Å². The summed E-state index contributed by atoms with van der Waals surface area (Å²) < 4.78 is 4.58. The van der Waals surface area contributed by atoms with Gasteiger partial charge in [0, 0.05) is 38.7 Å². The van der Waals surface area contributed by atoms with Crippen LogP contribution in [0, 0.1) is 0 Å². The highest BCUT2D eigenvalue weighted by Gasteiger charge is 2.17. The lowest BCUT2D eigenvalue weighted by atomic mass is 9.97. The molecule has 11 aromatic rings. The second-order valence-corrected chi connectivity index (χ2v) is 12.5. The van der Waals surface area contributed by atoms with E-state index in [-0.39, 0.29) is 0 Å². The molecule has 0 aliphatic carbocycles. The number of pyridine rings is 3. The van der Waals surface area contributed by atoms with Crippen LogP contribution in [-0.4, -0.2) is 23.8 Å². The molecule has 0 bridgehead atoms. The van der Waals surface area contributed by atoms with Gasteiger partial charge in [-0.1, -0.05) is 91.0 Å². The maximum absolute atomic E-state index is 5.13. The van der Waals surface area contributed by atoms with Crippen molar-refractivity contribution in [1.82, 2.24) is 23.8 Å². The van der Waals surface area contributed by atoms with Crippen LogP contribution >= 0.6 is 0 Å². The van der Waals surface area contributed by atoms with Crippen molar-refractivity contribution in [2.75, 3.05) is 0 Å². The van der Waals surface area contributed by atoms with E-state index in [9.17, 15) is 0 Å². The van der Waals surface area contributed by atoms with E-state index >= 15 is 0 Å². The fourth-order valence-corrected chi connectivity index (χ4v) is 7.71. The van der Waals surface area contributed by atoms with E-state index in [2.05, 4.69) is 148 Å². The molecule has 0 radical (unpaired) electrons. The maximum Gasteiger partial charge on any atom is 0.146 e. The van der Waals surface area contributed by atoms with E-state index in [0.717, 1.165) is 88.3 Å². The molecule has 0 fully saturated rings. The molecule has 6 aromatic carbocycles. The first-order valence-electron chi connectivity index (χ1n) is 16.2. The molecule has 0 aliphatic heterocycles. The molecule has 222 valence electrons. The predicted octanol–water partition coefficient (Wildman–Crippen LogP) is 10.6. The Morgan fingerprint density at radius 3 is 1.58 bits per heavy atom. The number of hydrogen-bond acceptors (Lipinski definition) is 3. The Hall–Kier alpha value is -6.59. The summed E-state index contributed by atoms with van der Waals surface area (Å²) in [5, 5.41) is 6.91. The molecule has 5 aromatic heterocycles. The lowest BCUT2D eigenvalue weighted by molar-refractivity contribution is 1.30. The summed E-state index contributed by atoms with van der Waals surface area (Å²) in [5.74, 6) is 0. The van der Waals surface area contributed by atoms with E-state index in [0.29, 0.717) is 0 Å². The summed E-state index contributed by atoms with van der Waals surface area (Å²) in [5.41, 5.74) is 12.7. The fraction of sp³-hybridized carbons (Fsp3) is 0. The molecule has 5 heteroatoms. The van der Waals surface area contributed by atoms with Gasteiger partial charge in [-0.25, -0.2) is 9.97 Å². The third-order valence-electron chi connectivity index (χ3n) is 9.89. The molecule has 5 nitrogen and oxygen atoms in total. The summed E-state index contributed by atoms with van der Waals surface area (Å²) in [6, 6.07) is 51.5. The van der Waals surface area contributed by atoms with Crippen LogP contribution in [-0.2, 0) is 0 Å². The van der Waals surface area contributed by atoms with Crippen molar-refractivity contribution in [2.24, 2.45) is 0 Å². The molecule has 0 amide bonds. The first-order chi connectivity index (χ1) is 23.8. The van der Waals surface area contributed by atoms with Gasteiger partial charge < -0.3 is 0 Å². The number of aromatic nitrogens is 5. The lowest BCUT2D eigenvalue weighted by Gasteiger charge is -2.12. The minimum absolute atomic E-state index is 0.919. The maximum atomic E-state index is 5.13. The normalized spacial score (nSPS) is 12.2. The number of imidazole rings is 2. The molecule has 48 heavy (non-hydrogen) atoms. The van der Waals surface area contributed by atoms with Gasteiger partial charge in [0.1, 0.15) is 11.3 Å². The van der Waals surface area contributed by atoms with Gasteiger partial charge in [-0.2, -0.15) is 0 Å². The summed E-state index contributed by atoms with van der Waals surface area (Å²) in [6.07, 6.45) is 2.01. The van der Waals surface area contributed by atoms with Crippen molar-refractivity contribution < 1.29 is 0 Å². The van der Waals surface area contributed by atoms with Gasteiger partial charge >= 0.3 is 0 Å². The first-order valence-corrected chi connectivity index (χ1v) is 16.2. The number of fused-ring (bicyclic) bond motifs is 16. The standard InChI is InChI=1S/C43H25N5/c1-5-16-38-30(12-1)29-21-20-27(23-32(29)42-45-35-14-3-7-18-40(35)47(38)42)26-10-9-11-28(22-26)37-24-33-34(25-44-37)31-13-2-6-17-39(31)48-41-19-8-4-15-36(41)46-43(33)48/h1-25H. The summed E-state index contributed by atoms with van der Waals surface area (Å²) in [6.45, 7) is 0. The van der Waals surface area contributed by atoms with E-state index < -0.39 is 0 Å². The van der Waals surface area contributed by atoms with Gasteiger partial charge in [0.05, 0.1) is 38.8 Å². The van der Waals surface area contributed by atoms with Gasteiger partial charge in [0.25, 0.3) is 0 Å². The summed E-state index contributed by atoms with van der Waals surface area (Å²) in [4.78, 5) is 15.3. The highest BCUT2D eigenvalue weighted by atomic mass is 15.0. The number of rotatable bonds is 2. The Kier molecular flexibility index (Phi) is 5.05. The Morgan fingerprint density at radius 1 is 0.354 bits per heavy atom. The van der Waals surface area contributed by atoms with Crippen LogP contribution in [0.2, 0.25) is 0 Å². The average molecular weight is 612 g/mol. The molecule has 0 N–H and O–H groups in total. The first kappa shape index (κ1) is 25.6. The van der Waals surface area contributed by atoms with Crippen LogP contribution in [0.5, 0.6) is 0 Å². The minimum Gasteiger partial charge on any atom is -0.292 e. The number of hydrogen-bond donors (Lipinski definition) is 0. The highest BCUT2D eigenvalue weighted by molar-refractivity contribution is 6.15. The second-order valence-electron chi connectivity index (χ2n) is 12.5. The van der Waals surface area contributed by atoms with Crippen LogP contribution < -0.4 is 0 Å². The SMILES string of the molecule is c1cc(-c2ccc3c4ccccc4n4c5ccccc5nc4c3c2)cc(-c2cc3c(cn2)c2ccccc2n2c4ccccc4nc32)c1. The van der Waals surface area contributed by atoms with E-state index in [1.165, 1.54) is 10.8 Å². The van der Waals surface area contributed by atoms with Gasteiger partial charge in [0.15, 0.2) is 0 Å². The van der Waals surface area contributed by atoms with Crippen molar-refractivity contribution in [3.8, 4) is 22.4 Å². The molecule has 11 rings (SSSR count). The monoisotopic (exact) mass is 611 g/mol. The molecular formula is C43H25N5. The Bertz CT molecular complexity index is 2920. The topological polar surface area (TPSA) is 47.5 Å². The third kappa shape index (κ3) is 3.47. The fourth-order valence-electron chi connectivity index (χ4n) is 7.71. The van der Waals surface area contributed by atoms with Crippen molar-refractivity contribution >= 4 is 76.7 Å². The summed E-state index contributed by atoms with van der Waals surface area (Å²) in [7, 11) is 0. The Morgan fingerprint density at radius 2 is 0.896 bits per heavy atom. The van der Waals surface area contributed by atoms with Crippen LogP contribution in [0.15, 0.2) is 152 Å².